The minimum absolute atomic E-state index is 0.133. The third-order valence-electron chi connectivity index (χ3n) is 1.82. The number of aromatic amines is 1. The largest absolute Gasteiger partial charge is 0.316 e. The molecule has 0 aliphatic carbocycles. The van der Waals surface area contributed by atoms with Gasteiger partial charge >= 0.3 is 11.8 Å². The molecule has 1 atom stereocenters. The maximum Gasteiger partial charge on any atom is 0.316 e. The smallest absolute Gasteiger partial charge is 0.288 e. The predicted octanol–water partition coefficient (Wildman–Crippen LogP) is -1.53. The number of rotatable bonds is 2. The lowest BCUT2D eigenvalue weighted by Crippen LogP contribution is -2.26. The summed E-state index contributed by atoms with van der Waals surface area (Å²) in [5.74, 6) is -0.733. The Balaban J connectivity index is 2.11. The molecule has 15 heavy (non-hydrogen) atoms. The first-order valence-electron chi connectivity index (χ1n) is 4.22. The lowest BCUT2D eigenvalue weighted by Gasteiger charge is -2.02. The molecule has 0 aromatic carbocycles. The van der Waals surface area contributed by atoms with E-state index in [1.54, 1.807) is 6.92 Å². The summed E-state index contributed by atoms with van der Waals surface area (Å²) in [4.78, 5) is 29.6. The van der Waals surface area contributed by atoms with Crippen LogP contribution in [0.3, 0.4) is 0 Å². The summed E-state index contributed by atoms with van der Waals surface area (Å²) in [6.45, 7) is 1.75. The minimum atomic E-state index is -0.710. The van der Waals surface area contributed by atoms with Crippen LogP contribution in [0.15, 0.2) is 11.3 Å². The monoisotopic (exact) mass is 208 g/mol. The van der Waals surface area contributed by atoms with Crippen molar-refractivity contribution in [2.75, 3.05) is 0 Å². The van der Waals surface area contributed by atoms with Crippen LogP contribution in [0.5, 0.6) is 0 Å². The van der Waals surface area contributed by atoms with Gasteiger partial charge in [0.25, 0.3) is 0 Å². The Morgan fingerprint density at radius 3 is 2.53 bits per heavy atom. The van der Waals surface area contributed by atoms with Crippen molar-refractivity contribution in [1.82, 2.24) is 25.8 Å². The van der Waals surface area contributed by atoms with E-state index < -0.39 is 11.8 Å². The molecule has 1 unspecified atom stereocenters. The predicted molar refractivity (Wildman–Crippen MR) is 48.5 cm³/mol. The zero-order chi connectivity index (χ0) is 10.8. The van der Waals surface area contributed by atoms with Crippen molar-refractivity contribution in [1.29, 1.82) is 0 Å². The summed E-state index contributed by atoms with van der Waals surface area (Å²) in [5, 5.41) is 10.9. The number of H-pyrrole nitrogens is 1. The van der Waals surface area contributed by atoms with Gasteiger partial charge in [-0.3, -0.25) is 25.3 Å². The molecule has 1 aromatic heterocycles. The average molecular weight is 208 g/mol. The number of aromatic nitrogens is 3. The molecule has 78 valence electrons. The van der Waals surface area contributed by atoms with Crippen molar-refractivity contribution in [2.45, 2.75) is 13.0 Å². The van der Waals surface area contributed by atoms with Crippen molar-refractivity contribution in [3.05, 3.63) is 12.2 Å². The number of hydrogen-bond acceptors (Lipinski definition) is 5. The van der Waals surface area contributed by atoms with E-state index in [0.29, 0.717) is 5.82 Å². The molecule has 2 amide bonds. The molecular formula is C7H8N6O2. The highest BCUT2D eigenvalue weighted by molar-refractivity contribution is 6.45. The van der Waals surface area contributed by atoms with Gasteiger partial charge in [0.05, 0.1) is 0 Å². The fourth-order valence-electron chi connectivity index (χ4n) is 1.10. The second-order valence-corrected chi connectivity index (χ2v) is 2.93. The van der Waals surface area contributed by atoms with E-state index in [1.165, 1.54) is 6.33 Å². The van der Waals surface area contributed by atoms with Gasteiger partial charge < -0.3 is 0 Å². The molecule has 2 rings (SSSR count). The number of carbonyl (C=O) groups is 2. The average Bonchev–Trinajstić information content (AvgIpc) is 2.77. The van der Waals surface area contributed by atoms with Gasteiger partial charge in [0, 0.05) is 0 Å². The quantitative estimate of drug-likeness (QED) is 0.511. The number of nitrogens with one attached hydrogen (secondary N) is 3. The van der Waals surface area contributed by atoms with E-state index in [9.17, 15) is 9.59 Å². The maximum absolute atomic E-state index is 10.8. The minimum Gasteiger partial charge on any atom is -0.288 e. The number of guanidine groups is 1. The van der Waals surface area contributed by atoms with Gasteiger partial charge in [-0.2, -0.15) is 5.10 Å². The zero-order valence-electron chi connectivity index (χ0n) is 7.81. The Kier molecular flexibility index (Phi) is 2.16. The summed E-state index contributed by atoms with van der Waals surface area (Å²) in [6, 6.07) is -0.318. The first kappa shape index (κ1) is 9.31. The van der Waals surface area contributed by atoms with E-state index in [2.05, 4.69) is 30.8 Å². The highest BCUT2D eigenvalue weighted by Gasteiger charge is 2.25. The summed E-state index contributed by atoms with van der Waals surface area (Å²) in [5.41, 5.74) is 0. The molecule has 1 aliphatic rings. The molecule has 1 saturated heterocycles. The van der Waals surface area contributed by atoms with Gasteiger partial charge in [0.15, 0.2) is 0 Å². The number of amides is 2. The second kappa shape index (κ2) is 3.48. The van der Waals surface area contributed by atoms with E-state index in [1.807, 2.05) is 0 Å². The van der Waals surface area contributed by atoms with Gasteiger partial charge in [-0.15, -0.1) is 0 Å². The van der Waals surface area contributed by atoms with Crippen molar-refractivity contribution in [3.63, 3.8) is 0 Å². The summed E-state index contributed by atoms with van der Waals surface area (Å²) in [6.07, 6.45) is 1.36. The fraction of sp³-hybridized carbons (Fsp3) is 0.286. The first-order chi connectivity index (χ1) is 7.16. The van der Waals surface area contributed by atoms with E-state index in [0.717, 1.165) is 0 Å². The van der Waals surface area contributed by atoms with Crippen LogP contribution >= 0.6 is 0 Å². The van der Waals surface area contributed by atoms with Gasteiger partial charge in [-0.25, -0.2) is 9.98 Å². The van der Waals surface area contributed by atoms with Crippen LogP contribution in [0.2, 0.25) is 0 Å². The first-order valence-corrected chi connectivity index (χ1v) is 4.22. The number of carbonyl (C=O) groups excluding carboxylic acids is 2. The van der Waals surface area contributed by atoms with Crippen molar-refractivity contribution >= 4 is 17.8 Å². The molecule has 0 bridgehead atoms. The molecule has 2 heterocycles. The maximum atomic E-state index is 10.8. The Morgan fingerprint density at radius 2 is 2.00 bits per heavy atom. The van der Waals surface area contributed by atoms with Crippen LogP contribution in [0.25, 0.3) is 0 Å². The van der Waals surface area contributed by atoms with Crippen LogP contribution in [-0.4, -0.2) is 33.0 Å². The molecule has 0 spiro atoms. The third-order valence-corrected chi connectivity index (χ3v) is 1.82. The summed E-state index contributed by atoms with van der Waals surface area (Å²) >= 11 is 0. The van der Waals surface area contributed by atoms with Gasteiger partial charge in [0.2, 0.25) is 5.96 Å². The highest BCUT2D eigenvalue weighted by atomic mass is 16.2. The normalized spacial score (nSPS) is 17.3. The molecule has 1 fully saturated rings. The second-order valence-electron chi connectivity index (χ2n) is 2.93. The van der Waals surface area contributed by atoms with Gasteiger partial charge in [0.1, 0.15) is 18.2 Å². The van der Waals surface area contributed by atoms with Crippen molar-refractivity contribution in [3.8, 4) is 0 Å². The molecule has 1 aromatic rings. The van der Waals surface area contributed by atoms with Gasteiger partial charge in [-0.1, -0.05) is 0 Å². The Morgan fingerprint density at radius 1 is 1.33 bits per heavy atom. The molecule has 1 aliphatic heterocycles. The Bertz CT molecular complexity index is 405. The van der Waals surface area contributed by atoms with Crippen molar-refractivity contribution in [2.24, 2.45) is 4.99 Å². The SMILES string of the molecule is CC(N=C1NC(=O)C(=O)N1)c1ncn[nH]1. The molecule has 0 saturated carbocycles. The van der Waals surface area contributed by atoms with Crippen LogP contribution < -0.4 is 10.6 Å². The summed E-state index contributed by atoms with van der Waals surface area (Å²) < 4.78 is 0. The van der Waals surface area contributed by atoms with Crippen LogP contribution in [0, 0.1) is 0 Å². The lowest BCUT2D eigenvalue weighted by atomic mass is 10.3. The van der Waals surface area contributed by atoms with Crippen LogP contribution in [-0.2, 0) is 9.59 Å². The fourth-order valence-corrected chi connectivity index (χ4v) is 1.10. The lowest BCUT2D eigenvalue weighted by molar-refractivity contribution is -0.135. The highest BCUT2D eigenvalue weighted by Crippen LogP contribution is 2.09. The van der Waals surface area contributed by atoms with E-state index in [4.69, 9.17) is 0 Å². The van der Waals surface area contributed by atoms with E-state index >= 15 is 0 Å². The zero-order valence-corrected chi connectivity index (χ0v) is 7.81. The Hall–Kier alpha value is -2.25. The number of hydrogen-bond donors (Lipinski definition) is 3. The molecule has 3 N–H and O–H groups in total. The van der Waals surface area contributed by atoms with Crippen LogP contribution in [0.1, 0.15) is 18.8 Å². The number of aliphatic imine (C=N–C) groups is 1. The van der Waals surface area contributed by atoms with Crippen molar-refractivity contribution < 1.29 is 9.59 Å². The molecule has 8 heteroatoms. The topological polar surface area (TPSA) is 112 Å². The molecular weight excluding hydrogens is 200 g/mol. The molecule has 0 radical (unpaired) electrons. The third kappa shape index (κ3) is 1.82. The van der Waals surface area contributed by atoms with E-state index in [-0.39, 0.29) is 12.0 Å². The standard InChI is InChI=1S/C7H8N6O2/c1-3(4-8-2-9-13-4)10-7-11-5(14)6(15)12-7/h2-3H,1H3,(H,8,9,13)(H2,10,11,12,14,15). The molecule has 8 nitrogen and oxygen atoms in total. The number of nitrogens with zero attached hydrogens (tertiary/aromatic N) is 3. The Labute approximate surface area is 84.2 Å². The van der Waals surface area contributed by atoms with Gasteiger partial charge in [-0.05, 0) is 6.92 Å². The van der Waals surface area contributed by atoms with Crippen LogP contribution in [0.4, 0.5) is 0 Å². The summed E-state index contributed by atoms with van der Waals surface area (Å²) in [7, 11) is 0.